The fourth-order valence-electron chi connectivity index (χ4n) is 1.69. The third-order valence-corrected chi connectivity index (χ3v) is 2.96. The van der Waals surface area contributed by atoms with Crippen LogP contribution in [0.3, 0.4) is 0 Å². The molecule has 2 aromatic rings. The zero-order chi connectivity index (χ0) is 13.9. The van der Waals surface area contributed by atoms with Crippen LogP contribution in [0.2, 0.25) is 0 Å². The topological polar surface area (TPSA) is 46.5 Å². The van der Waals surface area contributed by atoms with Crippen molar-refractivity contribution in [3.63, 3.8) is 0 Å². The smallest absolute Gasteiger partial charge is 0.347 e. The summed E-state index contributed by atoms with van der Waals surface area (Å²) in [6, 6.07) is 15.8. The van der Waals surface area contributed by atoms with E-state index in [-0.39, 0.29) is 0 Å². The number of carbonyl (C=O) groups is 1. The molecule has 3 nitrogen and oxygen atoms in total. The van der Waals surface area contributed by atoms with Gasteiger partial charge in [-0.25, -0.2) is 4.79 Å². The maximum absolute atomic E-state index is 12.0. The van der Waals surface area contributed by atoms with Gasteiger partial charge in [-0.3, -0.25) is 0 Å². The standard InChI is InChI=1S/C16H16O3/c1-12-8-10-13(11-9-12)16(2,18)15(17)19-14-6-4-3-5-7-14/h3-11,18H,1-2H3. The van der Waals surface area contributed by atoms with E-state index in [1.807, 2.05) is 25.1 Å². The van der Waals surface area contributed by atoms with Crippen molar-refractivity contribution < 1.29 is 14.6 Å². The summed E-state index contributed by atoms with van der Waals surface area (Å²) >= 11 is 0. The average Bonchev–Trinajstić information content (AvgIpc) is 2.40. The summed E-state index contributed by atoms with van der Waals surface area (Å²) in [4.78, 5) is 12.0. The quantitative estimate of drug-likeness (QED) is 0.678. The monoisotopic (exact) mass is 256 g/mol. The summed E-state index contributed by atoms with van der Waals surface area (Å²) in [6.45, 7) is 3.38. The molecular formula is C16H16O3. The van der Waals surface area contributed by atoms with Gasteiger partial charge in [-0.2, -0.15) is 0 Å². The highest BCUT2D eigenvalue weighted by Crippen LogP contribution is 2.24. The number of aliphatic hydroxyl groups is 1. The summed E-state index contributed by atoms with van der Waals surface area (Å²) in [7, 11) is 0. The lowest BCUT2D eigenvalue weighted by Crippen LogP contribution is -2.36. The number of rotatable bonds is 3. The Morgan fingerprint density at radius 3 is 2.21 bits per heavy atom. The van der Waals surface area contributed by atoms with Gasteiger partial charge in [0, 0.05) is 0 Å². The molecule has 98 valence electrons. The SMILES string of the molecule is Cc1ccc(C(C)(O)C(=O)Oc2ccccc2)cc1. The third kappa shape index (κ3) is 3.01. The minimum atomic E-state index is -1.66. The first kappa shape index (κ1) is 13.3. The van der Waals surface area contributed by atoms with E-state index >= 15 is 0 Å². The maximum atomic E-state index is 12.0. The van der Waals surface area contributed by atoms with Gasteiger partial charge in [0.15, 0.2) is 5.60 Å². The predicted molar refractivity (Wildman–Crippen MR) is 72.8 cm³/mol. The Balaban J connectivity index is 2.19. The van der Waals surface area contributed by atoms with Crippen LogP contribution in [0.15, 0.2) is 54.6 Å². The first-order valence-corrected chi connectivity index (χ1v) is 6.07. The molecule has 0 aromatic heterocycles. The van der Waals surface area contributed by atoms with Gasteiger partial charge in [0.05, 0.1) is 0 Å². The highest BCUT2D eigenvalue weighted by atomic mass is 16.6. The van der Waals surface area contributed by atoms with Crippen molar-refractivity contribution >= 4 is 5.97 Å². The second kappa shape index (κ2) is 5.24. The zero-order valence-corrected chi connectivity index (χ0v) is 11.0. The fourth-order valence-corrected chi connectivity index (χ4v) is 1.69. The molecule has 2 rings (SSSR count). The van der Waals surface area contributed by atoms with E-state index in [0.29, 0.717) is 11.3 Å². The lowest BCUT2D eigenvalue weighted by molar-refractivity contribution is -0.154. The predicted octanol–water partition coefficient (Wildman–Crippen LogP) is 2.81. The van der Waals surface area contributed by atoms with Crippen LogP contribution in [0.1, 0.15) is 18.1 Å². The van der Waals surface area contributed by atoms with Crippen LogP contribution in [0, 0.1) is 6.92 Å². The summed E-state index contributed by atoms with van der Waals surface area (Å²) in [5, 5.41) is 10.3. The van der Waals surface area contributed by atoms with Crippen LogP contribution in [-0.2, 0) is 10.4 Å². The van der Waals surface area contributed by atoms with Crippen LogP contribution < -0.4 is 4.74 Å². The zero-order valence-electron chi connectivity index (χ0n) is 11.0. The molecule has 0 aliphatic carbocycles. The number of hydrogen-bond acceptors (Lipinski definition) is 3. The third-order valence-electron chi connectivity index (χ3n) is 2.96. The van der Waals surface area contributed by atoms with Gasteiger partial charge in [-0.1, -0.05) is 48.0 Å². The molecular weight excluding hydrogens is 240 g/mol. The van der Waals surface area contributed by atoms with Crippen molar-refractivity contribution in [2.24, 2.45) is 0 Å². The van der Waals surface area contributed by atoms with Gasteiger partial charge in [0.2, 0.25) is 0 Å². The molecule has 19 heavy (non-hydrogen) atoms. The van der Waals surface area contributed by atoms with Crippen molar-refractivity contribution in [1.82, 2.24) is 0 Å². The Morgan fingerprint density at radius 1 is 1.05 bits per heavy atom. The van der Waals surface area contributed by atoms with Gasteiger partial charge in [0.1, 0.15) is 5.75 Å². The van der Waals surface area contributed by atoms with E-state index in [1.165, 1.54) is 6.92 Å². The van der Waals surface area contributed by atoms with Crippen molar-refractivity contribution in [1.29, 1.82) is 0 Å². The molecule has 1 atom stereocenters. The van der Waals surface area contributed by atoms with Crippen molar-refractivity contribution in [2.75, 3.05) is 0 Å². The van der Waals surface area contributed by atoms with Crippen LogP contribution in [0.5, 0.6) is 5.75 Å². The number of aryl methyl sites for hydroxylation is 1. The van der Waals surface area contributed by atoms with Gasteiger partial charge < -0.3 is 9.84 Å². The van der Waals surface area contributed by atoms with Gasteiger partial charge in [-0.05, 0) is 31.5 Å². The number of benzene rings is 2. The lowest BCUT2D eigenvalue weighted by atomic mass is 9.95. The van der Waals surface area contributed by atoms with Crippen LogP contribution in [0.4, 0.5) is 0 Å². The maximum Gasteiger partial charge on any atom is 0.347 e. The highest BCUT2D eigenvalue weighted by molar-refractivity contribution is 5.82. The molecule has 0 saturated carbocycles. The molecule has 0 aliphatic rings. The minimum absolute atomic E-state index is 0.417. The Bertz CT molecular complexity index is 556. The van der Waals surface area contributed by atoms with Gasteiger partial charge in [0.25, 0.3) is 0 Å². The van der Waals surface area contributed by atoms with Crippen LogP contribution >= 0.6 is 0 Å². The molecule has 0 heterocycles. The van der Waals surface area contributed by atoms with E-state index in [0.717, 1.165) is 5.56 Å². The molecule has 2 aromatic carbocycles. The molecule has 0 radical (unpaired) electrons. The number of carbonyl (C=O) groups excluding carboxylic acids is 1. The normalized spacial score (nSPS) is 13.6. The van der Waals surface area contributed by atoms with Crippen molar-refractivity contribution in [3.05, 3.63) is 65.7 Å². The van der Waals surface area contributed by atoms with E-state index in [2.05, 4.69) is 0 Å². The molecule has 0 amide bonds. The molecule has 1 N–H and O–H groups in total. The molecule has 1 unspecified atom stereocenters. The summed E-state index contributed by atoms with van der Waals surface area (Å²) < 4.78 is 5.17. The first-order valence-electron chi connectivity index (χ1n) is 6.07. The van der Waals surface area contributed by atoms with Gasteiger partial charge >= 0.3 is 5.97 Å². The fraction of sp³-hybridized carbons (Fsp3) is 0.188. The number of ether oxygens (including phenoxy) is 1. The molecule has 0 saturated heterocycles. The van der Waals surface area contributed by atoms with E-state index in [1.54, 1.807) is 36.4 Å². The second-order valence-electron chi connectivity index (χ2n) is 4.64. The van der Waals surface area contributed by atoms with Gasteiger partial charge in [-0.15, -0.1) is 0 Å². The second-order valence-corrected chi connectivity index (χ2v) is 4.64. The van der Waals surface area contributed by atoms with E-state index in [9.17, 15) is 9.90 Å². The largest absolute Gasteiger partial charge is 0.424 e. The Morgan fingerprint density at radius 2 is 1.63 bits per heavy atom. The molecule has 0 aliphatic heterocycles. The summed E-state index contributed by atoms with van der Waals surface area (Å²) in [5.74, 6) is -0.276. The van der Waals surface area contributed by atoms with E-state index in [4.69, 9.17) is 4.74 Å². The van der Waals surface area contributed by atoms with Crippen molar-refractivity contribution in [2.45, 2.75) is 19.4 Å². The van der Waals surface area contributed by atoms with Crippen LogP contribution in [-0.4, -0.2) is 11.1 Å². The number of hydrogen-bond donors (Lipinski definition) is 1. The minimum Gasteiger partial charge on any atom is -0.424 e. The highest BCUT2D eigenvalue weighted by Gasteiger charge is 2.34. The Hall–Kier alpha value is -2.13. The molecule has 0 fully saturated rings. The number of esters is 1. The summed E-state index contributed by atoms with van der Waals surface area (Å²) in [5.41, 5.74) is -0.0844. The van der Waals surface area contributed by atoms with Crippen LogP contribution in [0.25, 0.3) is 0 Å². The average molecular weight is 256 g/mol. The Labute approximate surface area is 112 Å². The lowest BCUT2D eigenvalue weighted by Gasteiger charge is -2.21. The van der Waals surface area contributed by atoms with E-state index < -0.39 is 11.6 Å². The number of para-hydroxylation sites is 1. The molecule has 0 bridgehead atoms. The Kier molecular flexibility index (Phi) is 3.67. The molecule has 0 spiro atoms. The summed E-state index contributed by atoms with van der Waals surface area (Å²) in [6.07, 6.45) is 0. The first-order chi connectivity index (χ1) is 9.00. The van der Waals surface area contributed by atoms with Crippen molar-refractivity contribution in [3.8, 4) is 5.75 Å². The molecule has 3 heteroatoms.